The van der Waals surface area contributed by atoms with Gasteiger partial charge in [-0.2, -0.15) is 0 Å². The van der Waals surface area contributed by atoms with E-state index in [1.807, 2.05) is 11.4 Å². The van der Waals surface area contributed by atoms with Crippen molar-refractivity contribution in [2.24, 2.45) is 0 Å². The van der Waals surface area contributed by atoms with Crippen LogP contribution in [0.3, 0.4) is 0 Å². The van der Waals surface area contributed by atoms with Crippen LogP contribution in [-0.4, -0.2) is 26.9 Å². The summed E-state index contributed by atoms with van der Waals surface area (Å²) in [5.41, 5.74) is 7.17. The van der Waals surface area contributed by atoms with Crippen LogP contribution in [-0.2, 0) is 4.79 Å². The number of aromatic nitrogens is 2. The van der Waals surface area contributed by atoms with Crippen LogP contribution in [0.5, 0.6) is 0 Å². The summed E-state index contributed by atoms with van der Waals surface area (Å²) >= 11 is 2.73. The van der Waals surface area contributed by atoms with E-state index in [2.05, 4.69) is 15.3 Å². The predicted molar refractivity (Wildman–Crippen MR) is 102 cm³/mol. The number of Topliss-reactive ketones (excluding diaryl/α,β-unsaturated/α-hetero) is 1. The van der Waals surface area contributed by atoms with Gasteiger partial charge in [-0.15, -0.1) is 11.3 Å². The topological polar surface area (TPSA) is 98.0 Å². The molecule has 0 radical (unpaired) electrons. The molecule has 2 aromatic heterocycles. The van der Waals surface area contributed by atoms with Gasteiger partial charge in [-0.1, -0.05) is 11.8 Å². The van der Waals surface area contributed by atoms with Crippen LogP contribution in [0, 0.1) is 0 Å². The lowest BCUT2D eigenvalue weighted by Gasteiger charge is -2.11. The third-order valence-electron chi connectivity index (χ3n) is 3.54. The van der Waals surface area contributed by atoms with Crippen molar-refractivity contribution < 1.29 is 9.59 Å². The number of ketones is 1. The number of fused-ring (bicyclic) bond motifs is 1. The van der Waals surface area contributed by atoms with Gasteiger partial charge < -0.3 is 11.1 Å². The molecule has 1 unspecified atom stereocenters. The molecule has 0 aliphatic rings. The zero-order valence-corrected chi connectivity index (χ0v) is 15.3. The Balaban J connectivity index is 1.68. The second-order valence-electron chi connectivity index (χ2n) is 5.41. The molecule has 3 rings (SSSR count). The van der Waals surface area contributed by atoms with E-state index >= 15 is 0 Å². The maximum atomic E-state index is 12.4. The maximum Gasteiger partial charge on any atom is 0.237 e. The van der Waals surface area contributed by atoms with Gasteiger partial charge in [0, 0.05) is 11.3 Å². The van der Waals surface area contributed by atoms with Gasteiger partial charge in [0.2, 0.25) is 5.91 Å². The van der Waals surface area contributed by atoms with Gasteiger partial charge in [-0.05, 0) is 49.6 Å². The number of hydrogen-bond acceptors (Lipinski definition) is 7. The number of nitrogens with two attached hydrogens (primary N) is 1. The molecule has 0 saturated heterocycles. The number of anilines is 2. The van der Waals surface area contributed by atoms with E-state index in [0.717, 1.165) is 10.2 Å². The minimum absolute atomic E-state index is 0.0134. The van der Waals surface area contributed by atoms with Gasteiger partial charge in [-0.25, -0.2) is 9.97 Å². The van der Waals surface area contributed by atoms with Crippen LogP contribution in [0.4, 0.5) is 11.5 Å². The number of thiophene rings is 1. The zero-order valence-electron chi connectivity index (χ0n) is 13.6. The number of benzene rings is 1. The number of nitrogens with zero attached hydrogens (tertiary/aromatic N) is 2. The molecular formula is C17H16N4O2S2. The molecular weight excluding hydrogens is 356 g/mol. The summed E-state index contributed by atoms with van der Waals surface area (Å²) in [6.07, 6.45) is 0. The van der Waals surface area contributed by atoms with Crippen LogP contribution in [0.1, 0.15) is 24.2 Å². The van der Waals surface area contributed by atoms with Crippen LogP contribution >= 0.6 is 23.1 Å². The van der Waals surface area contributed by atoms with Crippen molar-refractivity contribution in [3.63, 3.8) is 0 Å². The minimum atomic E-state index is -0.399. The predicted octanol–water partition coefficient (Wildman–Crippen LogP) is 3.60. The number of rotatable bonds is 5. The molecule has 1 atom stereocenters. The summed E-state index contributed by atoms with van der Waals surface area (Å²) in [6, 6.07) is 8.66. The van der Waals surface area contributed by atoms with Crippen LogP contribution < -0.4 is 11.1 Å². The van der Waals surface area contributed by atoms with Gasteiger partial charge in [-0.3, -0.25) is 9.59 Å². The summed E-state index contributed by atoms with van der Waals surface area (Å²) in [6.45, 7) is 3.28. The lowest BCUT2D eigenvalue weighted by Crippen LogP contribution is -2.22. The number of carbonyl (C=O) groups is 2. The van der Waals surface area contributed by atoms with E-state index in [0.29, 0.717) is 22.2 Å². The van der Waals surface area contributed by atoms with Crippen molar-refractivity contribution in [1.29, 1.82) is 0 Å². The molecule has 3 N–H and O–H groups in total. The average Bonchev–Trinajstić information content (AvgIpc) is 3.04. The van der Waals surface area contributed by atoms with Gasteiger partial charge in [0.25, 0.3) is 0 Å². The molecule has 25 heavy (non-hydrogen) atoms. The Labute approximate surface area is 152 Å². The van der Waals surface area contributed by atoms with E-state index in [4.69, 9.17) is 5.73 Å². The van der Waals surface area contributed by atoms with E-state index in [-0.39, 0.29) is 11.7 Å². The number of hydrogen-bond donors (Lipinski definition) is 2. The minimum Gasteiger partial charge on any atom is -0.383 e. The molecule has 1 aromatic carbocycles. The fraction of sp³-hybridized carbons (Fsp3) is 0.176. The van der Waals surface area contributed by atoms with Crippen molar-refractivity contribution in [2.75, 3.05) is 11.1 Å². The van der Waals surface area contributed by atoms with Gasteiger partial charge in [0.15, 0.2) is 10.9 Å². The fourth-order valence-corrected chi connectivity index (χ4v) is 3.76. The highest BCUT2D eigenvalue weighted by Gasteiger charge is 2.17. The van der Waals surface area contributed by atoms with E-state index in [9.17, 15) is 9.59 Å². The van der Waals surface area contributed by atoms with Crippen LogP contribution in [0.2, 0.25) is 0 Å². The molecule has 0 bridgehead atoms. The quantitative estimate of drug-likeness (QED) is 0.403. The first kappa shape index (κ1) is 17.4. The second kappa shape index (κ2) is 7.20. The van der Waals surface area contributed by atoms with Crippen LogP contribution in [0.15, 0.2) is 40.9 Å². The highest BCUT2D eigenvalue weighted by Crippen LogP contribution is 2.28. The first-order chi connectivity index (χ1) is 11.9. The lowest BCUT2D eigenvalue weighted by atomic mass is 10.1. The molecule has 6 nitrogen and oxygen atoms in total. The number of nitrogen functional groups attached to an aromatic ring is 1. The Hall–Kier alpha value is -2.45. The van der Waals surface area contributed by atoms with Gasteiger partial charge in [0.05, 0.1) is 10.6 Å². The molecule has 1 amide bonds. The Kier molecular flexibility index (Phi) is 5.00. The first-order valence-corrected chi connectivity index (χ1v) is 9.29. The maximum absolute atomic E-state index is 12.4. The fourth-order valence-electron chi connectivity index (χ4n) is 2.15. The van der Waals surface area contributed by atoms with Gasteiger partial charge >= 0.3 is 0 Å². The molecule has 0 aliphatic carbocycles. The Morgan fingerprint density at radius 1 is 1.20 bits per heavy atom. The highest BCUT2D eigenvalue weighted by atomic mass is 32.2. The Bertz CT molecular complexity index is 937. The highest BCUT2D eigenvalue weighted by molar-refractivity contribution is 8.00. The number of nitrogens with one attached hydrogen (secondary N) is 1. The Morgan fingerprint density at radius 3 is 2.60 bits per heavy atom. The largest absolute Gasteiger partial charge is 0.383 e. The van der Waals surface area contributed by atoms with E-state index in [1.54, 1.807) is 31.2 Å². The molecule has 0 spiro atoms. The first-order valence-electron chi connectivity index (χ1n) is 7.53. The second-order valence-corrected chi connectivity index (χ2v) is 7.62. The molecule has 0 saturated carbocycles. The summed E-state index contributed by atoms with van der Waals surface area (Å²) in [5, 5.41) is 5.63. The van der Waals surface area contributed by atoms with E-state index in [1.165, 1.54) is 30.0 Å². The zero-order chi connectivity index (χ0) is 18.0. The third-order valence-corrected chi connectivity index (χ3v) is 5.31. The molecule has 2 heterocycles. The van der Waals surface area contributed by atoms with Crippen molar-refractivity contribution >= 4 is 56.5 Å². The molecule has 128 valence electrons. The summed E-state index contributed by atoms with van der Waals surface area (Å²) in [4.78, 5) is 33.1. The number of thioether (sulfide) groups is 1. The monoisotopic (exact) mass is 372 g/mol. The summed E-state index contributed by atoms with van der Waals surface area (Å²) < 4.78 is 0. The molecule has 3 aromatic rings. The van der Waals surface area contributed by atoms with Crippen LogP contribution in [0.25, 0.3) is 10.2 Å². The number of carbonyl (C=O) groups excluding carboxylic acids is 2. The van der Waals surface area contributed by atoms with Crippen molar-refractivity contribution in [3.05, 3.63) is 41.3 Å². The Morgan fingerprint density at radius 2 is 1.92 bits per heavy atom. The van der Waals surface area contributed by atoms with Gasteiger partial charge in [0.1, 0.15) is 10.6 Å². The third kappa shape index (κ3) is 3.97. The van der Waals surface area contributed by atoms with Crippen molar-refractivity contribution in [1.82, 2.24) is 9.97 Å². The molecule has 0 aliphatic heterocycles. The number of amides is 1. The summed E-state index contributed by atoms with van der Waals surface area (Å²) in [7, 11) is 0. The van der Waals surface area contributed by atoms with Crippen molar-refractivity contribution in [3.8, 4) is 0 Å². The smallest absolute Gasteiger partial charge is 0.237 e. The average molecular weight is 372 g/mol. The normalized spacial score (nSPS) is 12.1. The SMILES string of the molecule is CC(=O)c1ccc(NC(=O)C(C)Sc2nc(N)c3ccsc3n2)cc1. The lowest BCUT2D eigenvalue weighted by molar-refractivity contribution is -0.115. The standard InChI is InChI=1S/C17H16N4O2S2/c1-9(22)11-3-5-12(6-4-11)19-15(23)10(2)25-17-20-14(18)13-7-8-24-16(13)21-17/h3-8,10H,1-2H3,(H,19,23)(H2,18,20,21). The van der Waals surface area contributed by atoms with E-state index < -0.39 is 5.25 Å². The summed E-state index contributed by atoms with van der Waals surface area (Å²) in [5.74, 6) is 0.232. The molecule has 0 fully saturated rings. The molecule has 8 heteroatoms. The van der Waals surface area contributed by atoms with Crippen molar-refractivity contribution in [2.45, 2.75) is 24.3 Å².